The van der Waals surface area contributed by atoms with E-state index < -0.39 is 0 Å². The van der Waals surface area contributed by atoms with Crippen molar-refractivity contribution in [2.75, 3.05) is 19.8 Å². The van der Waals surface area contributed by atoms with E-state index in [2.05, 4.69) is 19.2 Å². The van der Waals surface area contributed by atoms with Crippen LogP contribution >= 0.6 is 0 Å². The van der Waals surface area contributed by atoms with Crippen molar-refractivity contribution in [3.8, 4) is 0 Å². The van der Waals surface area contributed by atoms with Crippen LogP contribution in [0.1, 0.15) is 84.5 Å². The van der Waals surface area contributed by atoms with E-state index in [-0.39, 0.29) is 0 Å². The largest absolute Gasteiger partial charge is 0.381 e. The van der Waals surface area contributed by atoms with Crippen LogP contribution in [0.15, 0.2) is 0 Å². The van der Waals surface area contributed by atoms with Gasteiger partial charge < -0.3 is 10.1 Å². The Bertz CT molecular complexity index is 202. The Hall–Kier alpha value is -0.0800. The summed E-state index contributed by atoms with van der Waals surface area (Å²) in [6, 6.07) is 0.706. The monoisotopic (exact) mass is 283 g/mol. The molecule has 1 aliphatic rings. The van der Waals surface area contributed by atoms with Gasteiger partial charge >= 0.3 is 0 Å². The van der Waals surface area contributed by atoms with Crippen molar-refractivity contribution >= 4 is 0 Å². The first-order valence-electron chi connectivity index (χ1n) is 9.19. The zero-order chi connectivity index (χ0) is 14.5. The van der Waals surface area contributed by atoms with Crippen LogP contribution in [0.3, 0.4) is 0 Å². The van der Waals surface area contributed by atoms with Crippen LogP contribution in [0.2, 0.25) is 0 Å². The molecule has 0 saturated carbocycles. The molecule has 0 spiro atoms. The van der Waals surface area contributed by atoms with Gasteiger partial charge in [-0.3, -0.25) is 0 Å². The average Bonchev–Trinajstić information content (AvgIpc) is 2.99. The minimum atomic E-state index is 0.706. The summed E-state index contributed by atoms with van der Waals surface area (Å²) in [5.41, 5.74) is 0. The highest BCUT2D eigenvalue weighted by atomic mass is 16.5. The number of rotatable bonds is 13. The summed E-state index contributed by atoms with van der Waals surface area (Å²) >= 11 is 0. The van der Waals surface area contributed by atoms with Crippen molar-refractivity contribution in [2.45, 2.75) is 90.5 Å². The lowest BCUT2D eigenvalue weighted by molar-refractivity contribution is 0.174. The maximum Gasteiger partial charge on any atom is 0.0510 e. The van der Waals surface area contributed by atoms with Crippen LogP contribution in [0.4, 0.5) is 0 Å². The van der Waals surface area contributed by atoms with Crippen LogP contribution in [0.5, 0.6) is 0 Å². The van der Waals surface area contributed by atoms with Crippen LogP contribution in [-0.4, -0.2) is 25.8 Å². The fourth-order valence-electron chi connectivity index (χ4n) is 3.20. The third-order valence-electron chi connectivity index (χ3n) is 4.56. The molecule has 2 unspecified atom stereocenters. The van der Waals surface area contributed by atoms with E-state index in [0.717, 1.165) is 25.7 Å². The summed E-state index contributed by atoms with van der Waals surface area (Å²) < 4.78 is 5.56. The number of unbranched alkanes of at least 4 members (excludes halogenated alkanes) is 7. The molecule has 20 heavy (non-hydrogen) atoms. The predicted octanol–water partition coefficient (Wildman–Crippen LogP) is 4.92. The normalized spacial score (nSPS) is 20.4. The van der Waals surface area contributed by atoms with E-state index in [9.17, 15) is 0 Å². The van der Waals surface area contributed by atoms with Crippen LogP contribution in [-0.2, 0) is 4.74 Å². The number of hydrogen-bond donors (Lipinski definition) is 1. The molecule has 0 amide bonds. The molecule has 1 rings (SSSR count). The van der Waals surface area contributed by atoms with Crippen molar-refractivity contribution in [1.82, 2.24) is 5.32 Å². The molecule has 0 radical (unpaired) electrons. The summed E-state index contributed by atoms with van der Waals surface area (Å²) in [4.78, 5) is 0. The zero-order valence-electron chi connectivity index (χ0n) is 14.0. The number of ether oxygens (including phenoxy) is 1. The van der Waals surface area contributed by atoms with E-state index in [4.69, 9.17) is 4.74 Å². The first kappa shape index (κ1) is 18.0. The van der Waals surface area contributed by atoms with Gasteiger partial charge in [0.2, 0.25) is 0 Å². The standard InChI is InChI=1S/C18H37NO/c1-3-5-6-7-8-9-10-11-12-18(19-14-4-2)17-13-15-20-16-17/h17-19H,3-16H2,1-2H3. The Morgan fingerprint density at radius 3 is 2.25 bits per heavy atom. The lowest BCUT2D eigenvalue weighted by atomic mass is 9.93. The number of nitrogens with one attached hydrogen (secondary N) is 1. The molecule has 0 bridgehead atoms. The van der Waals surface area contributed by atoms with Crippen LogP contribution in [0.25, 0.3) is 0 Å². The van der Waals surface area contributed by atoms with Crippen molar-refractivity contribution < 1.29 is 4.74 Å². The fraction of sp³-hybridized carbons (Fsp3) is 1.00. The van der Waals surface area contributed by atoms with E-state index in [1.807, 2.05) is 0 Å². The molecule has 1 aliphatic heterocycles. The van der Waals surface area contributed by atoms with Gasteiger partial charge in [-0.2, -0.15) is 0 Å². The van der Waals surface area contributed by atoms with Gasteiger partial charge in [0.25, 0.3) is 0 Å². The molecule has 120 valence electrons. The van der Waals surface area contributed by atoms with Gasteiger partial charge in [-0.25, -0.2) is 0 Å². The SMILES string of the molecule is CCCCCCCCCCC(NCCC)C1CCOC1. The van der Waals surface area contributed by atoms with Gasteiger partial charge in [-0.05, 0) is 31.7 Å². The lowest BCUT2D eigenvalue weighted by Gasteiger charge is -2.23. The molecule has 2 nitrogen and oxygen atoms in total. The summed E-state index contributed by atoms with van der Waals surface area (Å²) in [6.07, 6.45) is 15.2. The molecule has 1 heterocycles. The topological polar surface area (TPSA) is 21.3 Å². The molecule has 1 N–H and O–H groups in total. The van der Waals surface area contributed by atoms with Crippen molar-refractivity contribution in [2.24, 2.45) is 5.92 Å². The predicted molar refractivity (Wildman–Crippen MR) is 88.2 cm³/mol. The Morgan fingerprint density at radius 2 is 1.65 bits per heavy atom. The highest BCUT2D eigenvalue weighted by molar-refractivity contribution is 4.79. The quantitative estimate of drug-likeness (QED) is 0.484. The van der Waals surface area contributed by atoms with Crippen LogP contribution < -0.4 is 5.32 Å². The summed E-state index contributed by atoms with van der Waals surface area (Å²) in [5.74, 6) is 0.770. The zero-order valence-corrected chi connectivity index (χ0v) is 14.0. The van der Waals surface area contributed by atoms with Crippen LogP contribution in [0, 0.1) is 5.92 Å². The van der Waals surface area contributed by atoms with E-state index >= 15 is 0 Å². The van der Waals surface area contributed by atoms with E-state index in [1.165, 1.54) is 70.6 Å². The molecule has 0 aromatic carbocycles. The highest BCUT2D eigenvalue weighted by Gasteiger charge is 2.24. The Kier molecular flexibility index (Phi) is 11.4. The minimum Gasteiger partial charge on any atom is -0.381 e. The second kappa shape index (κ2) is 12.6. The van der Waals surface area contributed by atoms with Crippen molar-refractivity contribution in [3.05, 3.63) is 0 Å². The number of hydrogen-bond acceptors (Lipinski definition) is 2. The fourth-order valence-corrected chi connectivity index (χ4v) is 3.20. The first-order valence-corrected chi connectivity index (χ1v) is 9.19. The lowest BCUT2D eigenvalue weighted by Crippen LogP contribution is -2.37. The van der Waals surface area contributed by atoms with Gasteiger partial charge in [0.15, 0.2) is 0 Å². The highest BCUT2D eigenvalue weighted by Crippen LogP contribution is 2.21. The molecule has 0 aromatic heterocycles. The van der Waals surface area contributed by atoms with Gasteiger partial charge in [0, 0.05) is 12.6 Å². The Balaban J connectivity index is 2.02. The maximum atomic E-state index is 5.56. The molecule has 0 aromatic rings. The average molecular weight is 284 g/mol. The molecule has 2 atom stereocenters. The molecular formula is C18H37NO. The summed E-state index contributed by atoms with van der Waals surface area (Å²) in [7, 11) is 0. The third-order valence-corrected chi connectivity index (χ3v) is 4.56. The van der Waals surface area contributed by atoms with Gasteiger partial charge in [0.1, 0.15) is 0 Å². The van der Waals surface area contributed by atoms with Crippen molar-refractivity contribution in [3.63, 3.8) is 0 Å². The summed E-state index contributed by atoms with van der Waals surface area (Å²) in [5, 5.41) is 3.75. The van der Waals surface area contributed by atoms with E-state index in [1.54, 1.807) is 0 Å². The molecular weight excluding hydrogens is 246 g/mol. The van der Waals surface area contributed by atoms with Gasteiger partial charge in [-0.15, -0.1) is 0 Å². The molecule has 2 heteroatoms. The van der Waals surface area contributed by atoms with Crippen molar-refractivity contribution in [1.29, 1.82) is 0 Å². The second-order valence-electron chi connectivity index (χ2n) is 6.45. The Labute approximate surface area is 127 Å². The van der Waals surface area contributed by atoms with Gasteiger partial charge in [-0.1, -0.05) is 65.2 Å². The Morgan fingerprint density at radius 1 is 0.950 bits per heavy atom. The van der Waals surface area contributed by atoms with Gasteiger partial charge in [0.05, 0.1) is 6.61 Å². The van der Waals surface area contributed by atoms with E-state index in [0.29, 0.717) is 6.04 Å². The first-order chi connectivity index (χ1) is 9.88. The second-order valence-corrected chi connectivity index (χ2v) is 6.45. The minimum absolute atomic E-state index is 0.706. The molecule has 1 fully saturated rings. The maximum absolute atomic E-state index is 5.56. The summed E-state index contributed by atoms with van der Waals surface area (Å²) in [6.45, 7) is 7.67. The molecule has 1 saturated heterocycles. The molecule has 0 aliphatic carbocycles. The smallest absolute Gasteiger partial charge is 0.0510 e. The third kappa shape index (κ3) is 8.26.